The maximum absolute atomic E-state index is 5.90. The average molecular weight is 302 g/mol. The Bertz CT molecular complexity index is 595. The number of fused-ring (bicyclic) bond motifs is 1. The van der Waals surface area contributed by atoms with Gasteiger partial charge in [0.1, 0.15) is 12.1 Å². The summed E-state index contributed by atoms with van der Waals surface area (Å²) in [7, 11) is 0. The predicted octanol–water partition coefficient (Wildman–Crippen LogP) is 4.05. The number of hydrogen-bond acceptors (Lipinski definition) is 3. The molecule has 3 rings (SSSR count). The lowest BCUT2D eigenvalue weighted by molar-refractivity contribution is 0.708. The van der Waals surface area contributed by atoms with Crippen LogP contribution in [0, 0.1) is 0 Å². The van der Waals surface area contributed by atoms with Crippen molar-refractivity contribution in [2.24, 2.45) is 0 Å². The molecule has 1 heterocycles. The lowest BCUT2D eigenvalue weighted by Crippen LogP contribution is -2.10. The molecule has 21 heavy (non-hydrogen) atoms. The molecule has 0 amide bonds. The number of nitrogens with one attached hydrogen (secondary N) is 1. The molecular formula is C17H20ClN3. The molecule has 1 aliphatic carbocycles. The van der Waals surface area contributed by atoms with Gasteiger partial charge in [-0.15, -0.1) is 0 Å². The average Bonchev–Trinajstić information content (AvgIpc) is 2.75. The summed E-state index contributed by atoms with van der Waals surface area (Å²) in [6.07, 6.45) is 8.62. The summed E-state index contributed by atoms with van der Waals surface area (Å²) in [4.78, 5) is 8.89. The number of anilines is 1. The normalized spacial score (nSPS) is 14.3. The van der Waals surface area contributed by atoms with Crippen LogP contribution >= 0.6 is 11.6 Å². The fourth-order valence-electron chi connectivity index (χ4n) is 2.83. The van der Waals surface area contributed by atoms with Crippen LogP contribution in [0.15, 0.2) is 30.6 Å². The van der Waals surface area contributed by atoms with Crippen molar-refractivity contribution in [2.75, 3.05) is 11.9 Å². The van der Waals surface area contributed by atoms with Gasteiger partial charge in [-0.2, -0.15) is 0 Å². The molecule has 0 saturated carbocycles. The van der Waals surface area contributed by atoms with Gasteiger partial charge in [0.05, 0.1) is 0 Å². The summed E-state index contributed by atoms with van der Waals surface area (Å²) in [6.45, 7) is 0.880. The lowest BCUT2D eigenvalue weighted by Gasteiger charge is -2.12. The van der Waals surface area contributed by atoms with E-state index >= 15 is 0 Å². The van der Waals surface area contributed by atoms with Crippen LogP contribution in [0.25, 0.3) is 0 Å². The van der Waals surface area contributed by atoms with Crippen LogP contribution < -0.4 is 5.32 Å². The molecule has 4 heteroatoms. The third-order valence-corrected chi connectivity index (χ3v) is 4.25. The van der Waals surface area contributed by atoms with Crippen molar-refractivity contribution in [3.05, 3.63) is 52.4 Å². The third kappa shape index (κ3) is 3.73. The molecule has 3 nitrogen and oxygen atoms in total. The van der Waals surface area contributed by atoms with Gasteiger partial charge in [0.15, 0.2) is 0 Å². The van der Waals surface area contributed by atoms with E-state index in [1.807, 2.05) is 12.1 Å². The topological polar surface area (TPSA) is 37.8 Å². The molecule has 0 aliphatic heterocycles. The van der Waals surface area contributed by atoms with E-state index in [4.69, 9.17) is 11.6 Å². The minimum atomic E-state index is 0.785. The van der Waals surface area contributed by atoms with Crippen LogP contribution in [0.3, 0.4) is 0 Å². The highest BCUT2D eigenvalue weighted by molar-refractivity contribution is 6.30. The first kappa shape index (κ1) is 14.3. The summed E-state index contributed by atoms with van der Waals surface area (Å²) in [5, 5.41) is 4.26. The van der Waals surface area contributed by atoms with Crippen LogP contribution in [0.2, 0.25) is 5.02 Å². The number of halogens is 1. The van der Waals surface area contributed by atoms with Crippen molar-refractivity contribution in [1.82, 2.24) is 9.97 Å². The number of aromatic nitrogens is 2. The number of hydrogen-bond donors (Lipinski definition) is 1. The Kier molecular flexibility index (Phi) is 4.71. The minimum Gasteiger partial charge on any atom is -0.369 e. The summed E-state index contributed by atoms with van der Waals surface area (Å²) < 4.78 is 0. The van der Waals surface area contributed by atoms with Gasteiger partial charge in [0, 0.05) is 22.8 Å². The second-order valence-corrected chi connectivity index (χ2v) is 5.95. The molecule has 0 radical (unpaired) electrons. The Labute approximate surface area is 130 Å². The summed E-state index contributed by atoms with van der Waals surface area (Å²) in [5.41, 5.74) is 3.84. The maximum atomic E-state index is 5.90. The zero-order chi connectivity index (χ0) is 14.5. The van der Waals surface area contributed by atoms with Gasteiger partial charge in [-0.3, -0.25) is 0 Å². The predicted molar refractivity (Wildman–Crippen MR) is 86.9 cm³/mol. The standard InChI is InChI=1S/C17H20ClN3/c18-14-8-6-13(7-9-14)10-11-19-17-15-4-2-1-3-5-16(15)20-12-21-17/h6-9,12H,1-5,10-11H2,(H,19,20,21). The molecule has 1 N–H and O–H groups in total. The third-order valence-electron chi connectivity index (χ3n) is 3.99. The molecule has 1 aromatic carbocycles. The largest absolute Gasteiger partial charge is 0.369 e. The van der Waals surface area contributed by atoms with Gasteiger partial charge in [-0.1, -0.05) is 30.2 Å². The Balaban J connectivity index is 1.64. The number of nitrogens with zero attached hydrogens (tertiary/aromatic N) is 2. The smallest absolute Gasteiger partial charge is 0.132 e. The highest BCUT2D eigenvalue weighted by Gasteiger charge is 2.13. The Hall–Kier alpha value is -1.61. The van der Waals surface area contributed by atoms with E-state index in [0.717, 1.165) is 36.6 Å². The zero-order valence-corrected chi connectivity index (χ0v) is 12.9. The zero-order valence-electron chi connectivity index (χ0n) is 12.1. The van der Waals surface area contributed by atoms with Crippen molar-refractivity contribution in [3.8, 4) is 0 Å². The van der Waals surface area contributed by atoms with Crippen molar-refractivity contribution in [3.63, 3.8) is 0 Å². The van der Waals surface area contributed by atoms with Crippen LogP contribution in [-0.2, 0) is 19.3 Å². The van der Waals surface area contributed by atoms with Crippen molar-refractivity contribution < 1.29 is 0 Å². The van der Waals surface area contributed by atoms with Gasteiger partial charge in [-0.05, 0) is 49.8 Å². The van der Waals surface area contributed by atoms with Gasteiger partial charge < -0.3 is 5.32 Å². The lowest BCUT2D eigenvalue weighted by atomic mass is 10.1. The highest BCUT2D eigenvalue weighted by atomic mass is 35.5. The van der Waals surface area contributed by atoms with Crippen LogP contribution in [0.1, 0.15) is 36.1 Å². The van der Waals surface area contributed by atoms with Gasteiger partial charge in [0.25, 0.3) is 0 Å². The second-order valence-electron chi connectivity index (χ2n) is 5.51. The monoisotopic (exact) mass is 301 g/mol. The Morgan fingerprint density at radius 2 is 1.81 bits per heavy atom. The van der Waals surface area contributed by atoms with E-state index in [-0.39, 0.29) is 0 Å². The molecule has 1 aliphatic rings. The summed E-state index contributed by atoms with van der Waals surface area (Å²) in [5.74, 6) is 1.02. The molecule has 0 saturated heterocycles. The molecule has 0 atom stereocenters. The molecule has 0 bridgehead atoms. The molecule has 0 spiro atoms. The number of rotatable bonds is 4. The van der Waals surface area contributed by atoms with Crippen molar-refractivity contribution in [2.45, 2.75) is 38.5 Å². The second kappa shape index (κ2) is 6.90. The molecule has 2 aromatic rings. The fraction of sp³-hybridized carbons (Fsp3) is 0.412. The first-order valence-corrected chi connectivity index (χ1v) is 8.02. The van der Waals surface area contributed by atoms with Gasteiger partial charge >= 0.3 is 0 Å². The Morgan fingerprint density at radius 3 is 2.67 bits per heavy atom. The molecular weight excluding hydrogens is 282 g/mol. The first-order chi connectivity index (χ1) is 10.3. The highest BCUT2D eigenvalue weighted by Crippen LogP contribution is 2.23. The summed E-state index contributed by atoms with van der Waals surface area (Å²) in [6, 6.07) is 8.02. The van der Waals surface area contributed by atoms with E-state index in [0.29, 0.717) is 0 Å². The van der Waals surface area contributed by atoms with E-state index < -0.39 is 0 Å². The SMILES string of the molecule is Clc1ccc(CCNc2ncnc3c2CCCCC3)cc1. The minimum absolute atomic E-state index is 0.785. The fourth-order valence-corrected chi connectivity index (χ4v) is 2.95. The van der Waals surface area contributed by atoms with Crippen molar-refractivity contribution in [1.29, 1.82) is 0 Å². The first-order valence-electron chi connectivity index (χ1n) is 7.64. The van der Waals surface area contributed by atoms with Crippen LogP contribution in [-0.4, -0.2) is 16.5 Å². The molecule has 110 valence electrons. The van der Waals surface area contributed by atoms with Gasteiger partial charge in [0.2, 0.25) is 0 Å². The molecule has 0 fully saturated rings. The van der Waals surface area contributed by atoms with Crippen LogP contribution in [0.4, 0.5) is 5.82 Å². The van der Waals surface area contributed by atoms with E-state index in [1.54, 1.807) is 6.33 Å². The van der Waals surface area contributed by atoms with E-state index in [2.05, 4.69) is 27.4 Å². The molecule has 0 unspecified atom stereocenters. The quantitative estimate of drug-likeness (QED) is 0.866. The Morgan fingerprint density at radius 1 is 1.00 bits per heavy atom. The van der Waals surface area contributed by atoms with Gasteiger partial charge in [-0.25, -0.2) is 9.97 Å². The van der Waals surface area contributed by atoms with E-state index in [9.17, 15) is 0 Å². The molecule has 1 aromatic heterocycles. The maximum Gasteiger partial charge on any atom is 0.132 e. The van der Waals surface area contributed by atoms with Crippen LogP contribution in [0.5, 0.6) is 0 Å². The van der Waals surface area contributed by atoms with Crippen molar-refractivity contribution >= 4 is 17.4 Å². The van der Waals surface area contributed by atoms with E-state index in [1.165, 1.54) is 36.1 Å². The number of benzene rings is 1. The number of aryl methyl sites for hydroxylation is 1. The summed E-state index contributed by atoms with van der Waals surface area (Å²) >= 11 is 5.90.